The highest BCUT2D eigenvalue weighted by Crippen LogP contribution is 2.36. The number of rotatable bonds is 3. The second-order valence-corrected chi connectivity index (χ2v) is 5.02. The van der Waals surface area contributed by atoms with E-state index in [1.54, 1.807) is 12.3 Å². The summed E-state index contributed by atoms with van der Waals surface area (Å²) in [5.41, 5.74) is 2.07. The molecule has 0 unspecified atom stereocenters. The molecule has 0 saturated heterocycles. The van der Waals surface area contributed by atoms with Gasteiger partial charge in [-0.2, -0.15) is 0 Å². The minimum atomic E-state index is -1.11. The minimum absolute atomic E-state index is 0.0219. The van der Waals surface area contributed by atoms with Gasteiger partial charge in [0.05, 0.1) is 16.8 Å². The predicted octanol–water partition coefficient (Wildman–Crippen LogP) is 2.96. The molecule has 1 aromatic carbocycles. The molecule has 0 atom stereocenters. The zero-order chi connectivity index (χ0) is 15.9. The summed E-state index contributed by atoms with van der Waals surface area (Å²) in [4.78, 5) is 27.7. The standard InChI is InChI=1S/C17H13NO4/c1-2-9-3-6-13(18-8-9)14-15(19)11-5-4-10(17(21)22)7-12(11)16(14)20/h3-8,20H,2H2,1H3,(H,21,22). The number of aryl methyl sites for hydroxylation is 1. The van der Waals surface area contributed by atoms with E-state index in [0.717, 1.165) is 12.0 Å². The van der Waals surface area contributed by atoms with Crippen molar-refractivity contribution in [2.24, 2.45) is 0 Å². The number of pyridine rings is 1. The number of aliphatic hydroxyl groups is 1. The van der Waals surface area contributed by atoms with Crippen LogP contribution in [0.5, 0.6) is 0 Å². The minimum Gasteiger partial charge on any atom is -0.506 e. The Morgan fingerprint density at radius 2 is 1.95 bits per heavy atom. The van der Waals surface area contributed by atoms with Crippen molar-refractivity contribution in [3.63, 3.8) is 0 Å². The summed E-state index contributed by atoms with van der Waals surface area (Å²) in [6.07, 6.45) is 2.49. The lowest BCUT2D eigenvalue weighted by Gasteiger charge is -2.02. The van der Waals surface area contributed by atoms with Gasteiger partial charge in [0, 0.05) is 17.3 Å². The van der Waals surface area contributed by atoms with Gasteiger partial charge in [-0.1, -0.05) is 13.0 Å². The molecule has 0 aliphatic heterocycles. The Bertz CT molecular complexity index is 819. The Balaban J connectivity index is 2.11. The highest BCUT2D eigenvalue weighted by molar-refractivity contribution is 6.38. The first-order chi connectivity index (χ1) is 10.5. The van der Waals surface area contributed by atoms with Gasteiger partial charge in [-0.05, 0) is 36.2 Å². The van der Waals surface area contributed by atoms with Gasteiger partial charge in [0.1, 0.15) is 5.76 Å². The van der Waals surface area contributed by atoms with Gasteiger partial charge in [-0.3, -0.25) is 9.78 Å². The van der Waals surface area contributed by atoms with Crippen LogP contribution in [0.2, 0.25) is 0 Å². The van der Waals surface area contributed by atoms with Crippen LogP contribution in [0, 0.1) is 0 Å². The quantitative estimate of drug-likeness (QED) is 0.909. The number of ketones is 1. The number of carbonyl (C=O) groups excluding carboxylic acids is 1. The monoisotopic (exact) mass is 295 g/mol. The molecule has 1 aromatic heterocycles. The van der Waals surface area contributed by atoms with E-state index in [0.29, 0.717) is 11.3 Å². The fourth-order valence-corrected chi connectivity index (χ4v) is 2.47. The first-order valence-electron chi connectivity index (χ1n) is 6.84. The number of allylic oxidation sites excluding steroid dienone is 1. The summed E-state index contributed by atoms with van der Waals surface area (Å²) in [5, 5.41) is 19.3. The average molecular weight is 295 g/mol. The number of hydrogen-bond donors (Lipinski definition) is 2. The van der Waals surface area contributed by atoms with Crippen LogP contribution in [-0.2, 0) is 6.42 Å². The van der Waals surface area contributed by atoms with Gasteiger partial charge in [-0.15, -0.1) is 0 Å². The Hall–Kier alpha value is -2.95. The van der Waals surface area contributed by atoms with Crippen LogP contribution in [0.3, 0.4) is 0 Å². The van der Waals surface area contributed by atoms with Crippen LogP contribution in [0.1, 0.15) is 44.5 Å². The van der Waals surface area contributed by atoms with Crippen LogP contribution in [-0.4, -0.2) is 26.9 Å². The first kappa shape index (κ1) is 14.0. The average Bonchev–Trinajstić information content (AvgIpc) is 2.78. The zero-order valence-electron chi connectivity index (χ0n) is 11.8. The number of fused-ring (bicyclic) bond motifs is 1. The van der Waals surface area contributed by atoms with E-state index in [-0.39, 0.29) is 28.2 Å². The molecule has 110 valence electrons. The van der Waals surface area contributed by atoms with Gasteiger partial charge in [0.25, 0.3) is 0 Å². The maximum atomic E-state index is 12.4. The normalized spacial score (nSPS) is 13.4. The summed E-state index contributed by atoms with van der Waals surface area (Å²) < 4.78 is 0. The molecule has 2 aromatic rings. The van der Waals surface area contributed by atoms with E-state index < -0.39 is 5.97 Å². The fraction of sp³-hybridized carbons (Fsp3) is 0.118. The smallest absolute Gasteiger partial charge is 0.335 e. The summed E-state index contributed by atoms with van der Waals surface area (Å²) in [6, 6.07) is 7.61. The van der Waals surface area contributed by atoms with E-state index in [4.69, 9.17) is 5.11 Å². The Labute approximate surface area is 126 Å². The molecule has 0 radical (unpaired) electrons. The number of carbonyl (C=O) groups is 2. The van der Waals surface area contributed by atoms with E-state index in [9.17, 15) is 14.7 Å². The van der Waals surface area contributed by atoms with Crippen molar-refractivity contribution in [1.82, 2.24) is 4.98 Å². The number of aliphatic hydroxyl groups excluding tert-OH is 1. The summed E-state index contributed by atoms with van der Waals surface area (Å²) in [5.74, 6) is -1.68. The van der Waals surface area contributed by atoms with Gasteiger partial charge in [0.2, 0.25) is 0 Å². The molecule has 0 saturated carbocycles. The largest absolute Gasteiger partial charge is 0.506 e. The third-order valence-corrected chi connectivity index (χ3v) is 3.72. The molecule has 1 aliphatic rings. The number of benzene rings is 1. The number of carboxylic acid groups (broad SMARTS) is 1. The molecule has 22 heavy (non-hydrogen) atoms. The van der Waals surface area contributed by atoms with Crippen molar-refractivity contribution in [1.29, 1.82) is 0 Å². The topological polar surface area (TPSA) is 87.5 Å². The molecule has 1 heterocycles. The predicted molar refractivity (Wildman–Crippen MR) is 80.8 cm³/mol. The van der Waals surface area contributed by atoms with Crippen molar-refractivity contribution >= 4 is 23.1 Å². The molecule has 1 aliphatic carbocycles. The second-order valence-electron chi connectivity index (χ2n) is 5.02. The van der Waals surface area contributed by atoms with Crippen LogP contribution in [0.15, 0.2) is 36.5 Å². The van der Waals surface area contributed by atoms with Crippen molar-refractivity contribution < 1.29 is 19.8 Å². The van der Waals surface area contributed by atoms with Gasteiger partial charge in [0.15, 0.2) is 5.78 Å². The van der Waals surface area contributed by atoms with E-state index in [1.165, 1.54) is 18.2 Å². The van der Waals surface area contributed by atoms with Crippen molar-refractivity contribution in [3.05, 3.63) is 64.5 Å². The number of carboxylic acids is 1. The fourth-order valence-electron chi connectivity index (χ4n) is 2.47. The molecule has 0 spiro atoms. The zero-order valence-corrected chi connectivity index (χ0v) is 11.8. The molecule has 3 rings (SSSR count). The lowest BCUT2D eigenvalue weighted by molar-refractivity contribution is 0.0696. The summed E-state index contributed by atoms with van der Waals surface area (Å²) in [6.45, 7) is 2.00. The van der Waals surface area contributed by atoms with Crippen LogP contribution >= 0.6 is 0 Å². The molecule has 0 fully saturated rings. The molecule has 0 amide bonds. The number of hydrogen-bond acceptors (Lipinski definition) is 4. The third-order valence-electron chi connectivity index (χ3n) is 3.72. The lowest BCUT2D eigenvalue weighted by Crippen LogP contribution is -2.02. The van der Waals surface area contributed by atoms with Crippen LogP contribution in [0.25, 0.3) is 11.3 Å². The van der Waals surface area contributed by atoms with E-state index in [1.807, 2.05) is 13.0 Å². The third kappa shape index (κ3) is 2.07. The number of aromatic nitrogens is 1. The van der Waals surface area contributed by atoms with Crippen molar-refractivity contribution in [2.45, 2.75) is 13.3 Å². The Morgan fingerprint density at radius 1 is 1.18 bits per heavy atom. The SMILES string of the molecule is CCc1ccc(C2=C(O)c3cc(C(=O)O)ccc3C2=O)nc1. The highest BCUT2D eigenvalue weighted by Gasteiger charge is 2.32. The van der Waals surface area contributed by atoms with Gasteiger partial charge >= 0.3 is 5.97 Å². The Kier molecular flexibility index (Phi) is 3.25. The molecule has 2 N–H and O–H groups in total. The molecular weight excluding hydrogens is 282 g/mol. The molecule has 5 heteroatoms. The van der Waals surface area contributed by atoms with Gasteiger partial charge < -0.3 is 10.2 Å². The summed E-state index contributed by atoms with van der Waals surface area (Å²) in [7, 11) is 0. The van der Waals surface area contributed by atoms with Crippen LogP contribution in [0.4, 0.5) is 0 Å². The highest BCUT2D eigenvalue weighted by atomic mass is 16.4. The van der Waals surface area contributed by atoms with E-state index >= 15 is 0 Å². The number of Topliss-reactive ketones (excluding diaryl/α,β-unsaturated/α-hetero) is 1. The molecular formula is C17H13NO4. The van der Waals surface area contributed by atoms with E-state index in [2.05, 4.69) is 4.98 Å². The number of nitrogens with zero attached hydrogens (tertiary/aromatic N) is 1. The van der Waals surface area contributed by atoms with Crippen LogP contribution < -0.4 is 0 Å². The summed E-state index contributed by atoms with van der Waals surface area (Å²) >= 11 is 0. The number of aromatic carboxylic acids is 1. The second kappa shape index (κ2) is 5.11. The van der Waals surface area contributed by atoms with Crippen molar-refractivity contribution in [2.75, 3.05) is 0 Å². The maximum Gasteiger partial charge on any atom is 0.335 e. The molecule has 0 bridgehead atoms. The van der Waals surface area contributed by atoms with Gasteiger partial charge in [-0.25, -0.2) is 4.79 Å². The lowest BCUT2D eigenvalue weighted by atomic mass is 10.0. The maximum absolute atomic E-state index is 12.4. The first-order valence-corrected chi connectivity index (χ1v) is 6.84. The Morgan fingerprint density at radius 3 is 2.55 bits per heavy atom. The molecule has 5 nitrogen and oxygen atoms in total. The van der Waals surface area contributed by atoms with Crippen molar-refractivity contribution in [3.8, 4) is 0 Å².